The van der Waals surface area contributed by atoms with E-state index in [1.165, 1.54) is 19.2 Å². The van der Waals surface area contributed by atoms with Crippen LogP contribution in [0, 0.1) is 0 Å². The molecule has 3 aromatic rings. The number of halogens is 2. The predicted molar refractivity (Wildman–Crippen MR) is 115 cm³/mol. The molecule has 0 radical (unpaired) electrons. The Hall–Kier alpha value is -3.15. The smallest absolute Gasteiger partial charge is 0.335 e. The highest BCUT2D eigenvalue weighted by atomic mass is 35.5. The van der Waals surface area contributed by atoms with E-state index in [4.69, 9.17) is 27.9 Å². The number of esters is 1. The third kappa shape index (κ3) is 3.07. The third-order valence-electron chi connectivity index (χ3n) is 5.10. The second kappa shape index (κ2) is 7.59. The van der Waals surface area contributed by atoms with Gasteiger partial charge in [0.2, 0.25) is 0 Å². The number of benzene rings is 3. The van der Waals surface area contributed by atoms with Crippen LogP contribution in [0.15, 0.2) is 66.7 Å². The molecule has 7 heteroatoms. The number of hydrogen-bond donors (Lipinski definition) is 0. The van der Waals surface area contributed by atoms with E-state index in [-0.39, 0.29) is 10.6 Å². The molecule has 1 aliphatic heterocycles. The summed E-state index contributed by atoms with van der Waals surface area (Å²) in [5, 5.41) is 1.89. The van der Waals surface area contributed by atoms with Crippen LogP contribution in [0.25, 0.3) is 10.8 Å². The lowest BCUT2D eigenvalue weighted by atomic mass is 9.90. The molecule has 0 saturated carbocycles. The number of amides is 2. The standard InChI is InChI=1S/C23H15Cl2NO4/c1-12(23(29)30-2)20(14-9-10-17(24)18(25)11-14)26-21(27)15-7-3-5-13-6-4-8-16(19(13)15)22(26)28/h3-11,20H,1H2,2H3/t20-/m1/s1. The molecule has 5 nitrogen and oxygen atoms in total. The van der Waals surface area contributed by atoms with E-state index in [9.17, 15) is 14.4 Å². The summed E-state index contributed by atoms with van der Waals surface area (Å²) in [6, 6.07) is 14.0. The molecule has 0 saturated heterocycles. The van der Waals surface area contributed by atoms with Crippen molar-refractivity contribution in [2.75, 3.05) is 7.11 Å². The number of nitrogens with zero attached hydrogens (tertiary/aromatic N) is 1. The first-order valence-corrected chi connectivity index (χ1v) is 9.72. The van der Waals surface area contributed by atoms with Crippen molar-refractivity contribution >= 4 is 51.8 Å². The molecule has 0 bridgehead atoms. The molecule has 30 heavy (non-hydrogen) atoms. The average Bonchev–Trinajstić information content (AvgIpc) is 2.76. The minimum atomic E-state index is -1.11. The van der Waals surface area contributed by atoms with E-state index >= 15 is 0 Å². The Morgan fingerprint density at radius 1 is 0.967 bits per heavy atom. The van der Waals surface area contributed by atoms with Crippen LogP contribution in [-0.2, 0) is 9.53 Å². The summed E-state index contributed by atoms with van der Waals surface area (Å²) in [4.78, 5) is 40.3. The van der Waals surface area contributed by atoms with Crippen molar-refractivity contribution in [3.63, 3.8) is 0 Å². The minimum absolute atomic E-state index is 0.0795. The molecule has 0 aliphatic carbocycles. The first-order chi connectivity index (χ1) is 14.3. The fourth-order valence-electron chi connectivity index (χ4n) is 3.71. The Kier molecular flexibility index (Phi) is 5.10. The molecule has 0 fully saturated rings. The molecule has 150 valence electrons. The van der Waals surface area contributed by atoms with Gasteiger partial charge in [0.15, 0.2) is 0 Å². The fraction of sp³-hybridized carbons (Fsp3) is 0.0870. The van der Waals surface area contributed by atoms with Crippen LogP contribution in [0.2, 0.25) is 10.0 Å². The van der Waals surface area contributed by atoms with Gasteiger partial charge in [0, 0.05) is 16.5 Å². The van der Waals surface area contributed by atoms with Crippen molar-refractivity contribution < 1.29 is 19.1 Å². The van der Waals surface area contributed by atoms with Crippen molar-refractivity contribution in [2.24, 2.45) is 0 Å². The van der Waals surface area contributed by atoms with Gasteiger partial charge in [-0.25, -0.2) is 4.79 Å². The zero-order chi connectivity index (χ0) is 21.6. The second-order valence-electron chi connectivity index (χ2n) is 6.78. The van der Waals surface area contributed by atoms with E-state index in [0.717, 1.165) is 10.3 Å². The number of carbonyl (C=O) groups is 3. The number of hydrogen-bond acceptors (Lipinski definition) is 4. The van der Waals surface area contributed by atoms with Gasteiger partial charge in [0.25, 0.3) is 11.8 Å². The SMILES string of the molecule is C=C(C(=O)OC)[C@H](c1ccc(Cl)c(Cl)c1)N1C(=O)c2cccc3cccc(c23)C1=O. The number of imide groups is 1. The number of ether oxygens (including phenoxy) is 1. The van der Waals surface area contributed by atoms with Crippen LogP contribution in [0.1, 0.15) is 32.3 Å². The Labute approximate surface area is 182 Å². The average molecular weight is 440 g/mol. The summed E-state index contributed by atoms with van der Waals surface area (Å²) in [6.07, 6.45) is 0. The zero-order valence-corrected chi connectivity index (χ0v) is 17.3. The highest BCUT2D eigenvalue weighted by Gasteiger charge is 2.41. The first kappa shape index (κ1) is 20.1. The van der Waals surface area contributed by atoms with Crippen LogP contribution in [-0.4, -0.2) is 29.8 Å². The fourth-order valence-corrected chi connectivity index (χ4v) is 4.02. The van der Waals surface area contributed by atoms with Gasteiger partial charge in [0.05, 0.1) is 28.8 Å². The van der Waals surface area contributed by atoms with E-state index in [1.807, 2.05) is 12.1 Å². The monoisotopic (exact) mass is 439 g/mol. The van der Waals surface area contributed by atoms with Crippen molar-refractivity contribution in [1.29, 1.82) is 0 Å². The molecule has 0 N–H and O–H groups in total. The lowest BCUT2D eigenvalue weighted by molar-refractivity contribution is -0.136. The van der Waals surface area contributed by atoms with Gasteiger partial charge in [-0.1, -0.05) is 60.1 Å². The minimum Gasteiger partial charge on any atom is -0.466 e. The largest absolute Gasteiger partial charge is 0.466 e. The lowest BCUT2D eigenvalue weighted by Crippen LogP contribution is -2.44. The topological polar surface area (TPSA) is 63.7 Å². The summed E-state index contributed by atoms with van der Waals surface area (Å²) in [6.45, 7) is 3.81. The first-order valence-electron chi connectivity index (χ1n) is 8.97. The Morgan fingerprint density at radius 3 is 2.10 bits per heavy atom. The summed E-state index contributed by atoms with van der Waals surface area (Å²) in [7, 11) is 1.20. The second-order valence-corrected chi connectivity index (χ2v) is 7.60. The molecule has 2 amide bonds. The number of methoxy groups -OCH3 is 1. The van der Waals surface area contributed by atoms with Gasteiger partial charge in [-0.05, 0) is 35.2 Å². The number of rotatable bonds is 4. The van der Waals surface area contributed by atoms with Crippen LogP contribution in [0.5, 0.6) is 0 Å². The molecule has 1 aliphatic rings. The van der Waals surface area contributed by atoms with Gasteiger partial charge in [0.1, 0.15) is 0 Å². The highest BCUT2D eigenvalue weighted by Crippen LogP contribution is 2.39. The van der Waals surface area contributed by atoms with Crippen LogP contribution < -0.4 is 0 Å². The van der Waals surface area contributed by atoms with Gasteiger partial charge in [-0.15, -0.1) is 0 Å². The molecule has 0 unspecified atom stereocenters. The Morgan fingerprint density at radius 2 is 1.57 bits per heavy atom. The van der Waals surface area contributed by atoms with Crippen LogP contribution in [0.4, 0.5) is 0 Å². The Balaban J connectivity index is 1.94. The van der Waals surface area contributed by atoms with Gasteiger partial charge in [-0.3, -0.25) is 14.5 Å². The van der Waals surface area contributed by atoms with Gasteiger partial charge < -0.3 is 4.74 Å². The maximum absolute atomic E-state index is 13.4. The molecule has 4 rings (SSSR count). The summed E-state index contributed by atoms with van der Waals surface area (Å²) in [5.74, 6) is -1.82. The number of carbonyl (C=O) groups excluding carboxylic acids is 3. The van der Waals surface area contributed by atoms with Crippen molar-refractivity contribution in [3.05, 3.63) is 93.5 Å². The van der Waals surface area contributed by atoms with E-state index < -0.39 is 23.8 Å². The summed E-state index contributed by atoms with van der Waals surface area (Å²) >= 11 is 12.2. The molecule has 3 aromatic carbocycles. The van der Waals surface area contributed by atoms with E-state index in [2.05, 4.69) is 6.58 Å². The van der Waals surface area contributed by atoms with Crippen LogP contribution >= 0.6 is 23.2 Å². The molecular formula is C23H15Cl2NO4. The van der Waals surface area contributed by atoms with Crippen molar-refractivity contribution in [3.8, 4) is 0 Å². The van der Waals surface area contributed by atoms with Crippen LogP contribution in [0.3, 0.4) is 0 Å². The normalized spacial score (nSPS) is 14.0. The molecule has 0 aromatic heterocycles. The molecular weight excluding hydrogens is 425 g/mol. The maximum atomic E-state index is 13.4. The maximum Gasteiger partial charge on any atom is 0.335 e. The Bertz CT molecular complexity index is 1200. The van der Waals surface area contributed by atoms with Gasteiger partial charge in [-0.2, -0.15) is 0 Å². The van der Waals surface area contributed by atoms with Gasteiger partial charge >= 0.3 is 5.97 Å². The zero-order valence-electron chi connectivity index (χ0n) is 15.8. The van der Waals surface area contributed by atoms with Crippen molar-refractivity contribution in [2.45, 2.75) is 6.04 Å². The quantitative estimate of drug-likeness (QED) is 0.317. The lowest BCUT2D eigenvalue weighted by Gasteiger charge is -2.34. The summed E-state index contributed by atoms with van der Waals surface area (Å²) < 4.78 is 4.81. The van der Waals surface area contributed by atoms with Crippen molar-refractivity contribution in [1.82, 2.24) is 4.90 Å². The molecule has 1 atom stereocenters. The molecule has 0 spiro atoms. The highest BCUT2D eigenvalue weighted by molar-refractivity contribution is 6.42. The summed E-state index contributed by atoms with van der Waals surface area (Å²) in [5.41, 5.74) is 1.06. The molecule has 1 heterocycles. The third-order valence-corrected chi connectivity index (χ3v) is 5.84. The predicted octanol–water partition coefficient (Wildman–Crippen LogP) is 5.21. The van der Waals surface area contributed by atoms with E-state index in [0.29, 0.717) is 27.1 Å². The van der Waals surface area contributed by atoms with E-state index in [1.54, 1.807) is 30.3 Å².